The molecule has 0 aliphatic rings. The number of nitrogens with zero attached hydrogens (tertiary/aromatic N) is 1. The fourth-order valence-electron chi connectivity index (χ4n) is 1.87. The summed E-state index contributed by atoms with van der Waals surface area (Å²) < 4.78 is 0. The van der Waals surface area contributed by atoms with E-state index in [2.05, 4.69) is 13.2 Å². The van der Waals surface area contributed by atoms with Crippen molar-refractivity contribution in [1.82, 2.24) is 4.90 Å². The molecule has 0 spiro atoms. The number of hydrogen-bond donors (Lipinski definition) is 1. The predicted octanol–water partition coefficient (Wildman–Crippen LogP) is 2.36. The van der Waals surface area contributed by atoms with E-state index >= 15 is 0 Å². The van der Waals surface area contributed by atoms with Crippen molar-refractivity contribution in [2.45, 2.75) is 12.5 Å². The maximum absolute atomic E-state index is 11.4. The first-order valence-electron chi connectivity index (χ1n) is 5.91. The molecule has 1 N–H and O–H groups in total. The van der Waals surface area contributed by atoms with Gasteiger partial charge in [0.25, 0.3) is 0 Å². The third-order valence-electron chi connectivity index (χ3n) is 2.72. The summed E-state index contributed by atoms with van der Waals surface area (Å²) in [5.41, 5.74) is 1.02. The van der Waals surface area contributed by atoms with E-state index < -0.39 is 12.0 Å². The minimum Gasteiger partial charge on any atom is -0.480 e. The van der Waals surface area contributed by atoms with Crippen molar-refractivity contribution in [3.63, 3.8) is 0 Å². The fraction of sp³-hybridized carbons (Fsp3) is 0.267. The quantitative estimate of drug-likeness (QED) is 0.715. The van der Waals surface area contributed by atoms with Gasteiger partial charge in [-0.25, -0.2) is 0 Å². The summed E-state index contributed by atoms with van der Waals surface area (Å²) in [5.74, 6) is -0.817. The first-order chi connectivity index (χ1) is 8.69. The van der Waals surface area contributed by atoms with Gasteiger partial charge < -0.3 is 5.11 Å². The average molecular weight is 245 g/mol. The lowest BCUT2D eigenvalue weighted by Gasteiger charge is -2.26. The third kappa shape index (κ3) is 4.18. The van der Waals surface area contributed by atoms with Gasteiger partial charge >= 0.3 is 5.97 Å². The second-order valence-corrected chi connectivity index (χ2v) is 4.08. The van der Waals surface area contributed by atoms with Gasteiger partial charge in [0.1, 0.15) is 6.04 Å². The molecular weight excluding hydrogens is 226 g/mol. The van der Waals surface area contributed by atoms with Crippen LogP contribution in [0.25, 0.3) is 0 Å². The van der Waals surface area contributed by atoms with Crippen LogP contribution in [0.15, 0.2) is 55.6 Å². The number of benzene rings is 1. The van der Waals surface area contributed by atoms with Gasteiger partial charge in [-0.15, -0.1) is 13.2 Å². The molecule has 0 bridgehead atoms. The Balaban J connectivity index is 2.83. The van der Waals surface area contributed by atoms with Gasteiger partial charge in [0.2, 0.25) is 0 Å². The van der Waals surface area contributed by atoms with Gasteiger partial charge in [0, 0.05) is 13.1 Å². The van der Waals surface area contributed by atoms with E-state index in [9.17, 15) is 9.90 Å². The smallest absolute Gasteiger partial charge is 0.321 e. The van der Waals surface area contributed by atoms with Crippen LogP contribution in [0.1, 0.15) is 5.56 Å². The Morgan fingerprint density at radius 3 is 2.22 bits per heavy atom. The van der Waals surface area contributed by atoms with Gasteiger partial charge in [-0.2, -0.15) is 0 Å². The Bertz CT molecular complexity index is 390. The minimum absolute atomic E-state index is 0.484. The highest BCUT2D eigenvalue weighted by Crippen LogP contribution is 2.10. The lowest BCUT2D eigenvalue weighted by Crippen LogP contribution is -2.43. The molecule has 0 saturated carbocycles. The van der Waals surface area contributed by atoms with Crippen LogP contribution >= 0.6 is 0 Å². The molecule has 1 aromatic carbocycles. The average Bonchev–Trinajstić information content (AvgIpc) is 2.37. The minimum atomic E-state index is -0.817. The highest BCUT2D eigenvalue weighted by molar-refractivity contribution is 5.74. The van der Waals surface area contributed by atoms with Crippen molar-refractivity contribution in [1.29, 1.82) is 0 Å². The largest absolute Gasteiger partial charge is 0.480 e. The van der Waals surface area contributed by atoms with E-state index in [1.807, 2.05) is 35.2 Å². The third-order valence-corrected chi connectivity index (χ3v) is 2.72. The number of carboxylic acid groups (broad SMARTS) is 1. The molecule has 0 heterocycles. The normalized spacial score (nSPS) is 12.1. The van der Waals surface area contributed by atoms with Crippen LogP contribution in [0, 0.1) is 0 Å². The topological polar surface area (TPSA) is 40.5 Å². The first-order valence-corrected chi connectivity index (χ1v) is 5.91. The number of rotatable bonds is 8. The summed E-state index contributed by atoms with van der Waals surface area (Å²) in [6.45, 7) is 8.40. The van der Waals surface area contributed by atoms with Gasteiger partial charge in [-0.3, -0.25) is 9.69 Å². The molecule has 0 aliphatic carbocycles. The lowest BCUT2D eigenvalue weighted by molar-refractivity contribution is -0.142. The summed E-state index contributed by atoms with van der Waals surface area (Å²) >= 11 is 0. The summed E-state index contributed by atoms with van der Waals surface area (Å²) in [5, 5.41) is 9.35. The van der Waals surface area contributed by atoms with Crippen LogP contribution < -0.4 is 0 Å². The van der Waals surface area contributed by atoms with Crippen molar-refractivity contribution in [3.8, 4) is 0 Å². The first kappa shape index (κ1) is 14.2. The van der Waals surface area contributed by atoms with Crippen LogP contribution in [0.5, 0.6) is 0 Å². The molecule has 0 amide bonds. The molecule has 0 fully saturated rings. The zero-order valence-electron chi connectivity index (χ0n) is 10.5. The highest BCUT2D eigenvalue weighted by Gasteiger charge is 2.23. The Morgan fingerprint density at radius 1 is 1.22 bits per heavy atom. The summed E-state index contributed by atoms with van der Waals surface area (Å²) in [6, 6.07) is 9.08. The van der Waals surface area contributed by atoms with E-state index in [1.54, 1.807) is 12.2 Å². The van der Waals surface area contributed by atoms with Crippen LogP contribution in [-0.2, 0) is 11.2 Å². The lowest BCUT2D eigenvalue weighted by atomic mass is 10.0. The summed E-state index contributed by atoms with van der Waals surface area (Å²) in [7, 11) is 0. The maximum atomic E-state index is 11.4. The zero-order chi connectivity index (χ0) is 13.4. The van der Waals surface area contributed by atoms with Crippen LogP contribution in [-0.4, -0.2) is 35.1 Å². The number of carboxylic acids is 1. The Morgan fingerprint density at radius 2 is 1.78 bits per heavy atom. The molecule has 0 radical (unpaired) electrons. The van der Waals surface area contributed by atoms with E-state index in [-0.39, 0.29) is 0 Å². The highest BCUT2D eigenvalue weighted by atomic mass is 16.4. The van der Waals surface area contributed by atoms with E-state index in [4.69, 9.17) is 0 Å². The maximum Gasteiger partial charge on any atom is 0.321 e. The molecule has 3 nitrogen and oxygen atoms in total. The Hall–Kier alpha value is -1.87. The number of carbonyl (C=O) groups is 1. The van der Waals surface area contributed by atoms with Gasteiger partial charge in [0.05, 0.1) is 0 Å². The molecular formula is C15H19NO2. The van der Waals surface area contributed by atoms with Crippen LogP contribution in [0.4, 0.5) is 0 Å². The van der Waals surface area contributed by atoms with E-state index in [0.29, 0.717) is 19.5 Å². The predicted molar refractivity (Wildman–Crippen MR) is 73.5 cm³/mol. The molecule has 1 rings (SSSR count). The Labute approximate surface area is 108 Å². The summed E-state index contributed by atoms with van der Waals surface area (Å²) in [4.78, 5) is 13.2. The van der Waals surface area contributed by atoms with Gasteiger partial charge in [-0.05, 0) is 12.0 Å². The molecule has 1 aromatic rings. The van der Waals surface area contributed by atoms with E-state index in [0.717, 1.165) is 5.56 Å². The Kier molecular flexibility index (Phi) is 5.88. The molecule has 1 atom stereocenters. The van der Waals surface area contributed by atoms with Crippen molar-refractivity contribution in [2.75, 3.05) is 13.1 Å². The number of hydrogen-bond acceptors (Lipinski definition) is 2. The fourth-order valence-corrected chi connectivity index (χ4v) is 1.87. The monoisotopic (exact) mass is 245 g/mol. The standard InChI is InChI=1S/C15H19NO2/c1-3-10-16(11-4-2)14(15(17)18)12-13-8-6-5-7-9-13/h3-9,14H,1-2,10-12H2,(H,17,18)/t14-/m0/s1. The van der Waals surface area contributed by atoms with Gasteiger partial charge in [0.15, 0.2) is 0 Å². The number of aliphatic carboxylic acids is 1. The van der Waals surface area contributed by atoms with Crippen molar-refractivity contribution >= 4 is 5.97 Å². The van der Waals surface area contributed by atoms with Crippen LogP contribution in [0.3, 0.4) is 0 Å². The summed E-state index contributed by atoms with van der Waals surface area (Å²) in [6.07, 6.45) is 3.91. The second-order valence-electron chi connectivity index (χ2n) is 4.08. The van der Waals surface area contributed by atoms with Crippen molar-refractivity contribution < 1.29 is 9.90 Å². The zero-order valence-corrected chi connectivity index (χ0v) is 10.5. The molecule has 3 heteroatoms. The van der Waals surface area contributed by atoms with Crippen molar-refractivity contribution in [3.05, 3.63) is 61.2 Å². The van der Waals surface area contributed by atoms with E-state index in [1.165, 1.54) is 0 Å². The molecule has 0 unspecified atom stereocenters. The molecule has 18 heavy (non-hydrogen) atoms. The van der Waals surface area contributed by atoms with Crippen molar-refractivity contribution in [2.24, 2.45) is 0 Å². The second kappa shape index (κ2) is 7.45. The van der Waals surface area contributed by atoms with Crippen LogP contribution in [0.2, 0.25) is 0 Å². The molecule has 0 saturated heterocycles. The molecule has 0 aromatic heterocycles. The molecule has 0 aliphatic heterocycles. The SMILES string of the molecule is C=CCN(CC=C)[C@@H](Cc1ccccc1)C(=O)O. The van der Waals surface area contributed by atoms with Gasteiger partial charge in [-0.1, -0.05) is 42.5 Å². The molecule has 96 valence electrons.